The van der Waals surface area contributed by atoms with Crippen LogP contribution in [0, 0.1) is 0 Å². The molecule has 0 N–H and O–H groups in total. The number of amidine groups is 1. The second-order valence-electron chi connectivity index (χ2n) is 7.57. The van der Waals surface area contributed by atoms with Gasteiger partial charge in [0.2, 0.25) is 0 Å². The highest BCUT2D eigenvalue weighted by atomic mass is 32.2. The molecule has 1 saturated heterocycles. The molecule has 0 aliphatic carbocycles. The Labute approximate surface area is 203 Å². The predicted molar refractivity (Wildman–Crippen MR) is 136 cm³/mol. The number of thioether (sulfide) groups is 1. The number of carbonyl (C=O) groups is 1. The number of benzene rings is 3. The number of hydrogen-bond donors (Lipinski definition) is 0. The zero-order chi connectivity index (χ0) is 23.9. The largest absolute Gasteiger partial charge is 0.497 e. The summed E-state index contributed by atoms with van der Waals surface area (Å²) in [5.41, 5.74) is 2.93. The summed E-state index contributed by atoms with van der Waals surface area (Å²) < 4.78 is 15.8. The van der Waals surface area contributed by atoms with Crippen LogP contribution in [0.5, 0.6) is 17.2 Å². The third kappa shape index (κ3) is 5.61. The Kier molecular flexibility index (Phi) is 7.54. The van der Waals surface area contributed by atoms with Gasteiger partial charge in [0.1, 0.15) is 17.2 Å². The van der Waals surface area contributed by atoms with Crippen molar-refractivity contribution in [3.63, 3.8) is 0 Å². The van der Waals surface area contributed by atoms with E-state index in [2.05, 4.69) is 0 Å². The first-order valence-corrected chi connectivity index (χ1v) is 11.6. The van der Waals surface area contributed by atoms with Crippen molar-refractivity contribution in [2.45, 2.75) is 13.1 Å². The quantitative estimate of drug-likeness (QED) is 0.410. The molecule has 34 heavy (non-hydrogen) atoms. The van der Waals surface area contributed by atoms with E-state index >= 15 is 0 Å². The van der Waals surface area contributed by atoms with E-state index in [0.29, 0.717) is 23.2 Å². The molecule has 0 bridgehead atoms. The smallest absolute Gasteiger partial charge is 0.267 e. The van der Waals surface area contributed by atoms with Crippen molar-refractivity contribution < 1.29 is 19.0 Å². The molecule has 7 heteroatoms. The molecular formula is C27H26N2O4S. The lowest BCUT2D eigenvalue weighted by atomic mass is 10.2. The van der Waals surface area contributed by atoms with Crippen molar-refractivity contribution in [3.05, 3.63) is 94.4 Å². The van der Waals surface area contributed by atoms with Crippen LogP contribution in [0.15, 0.2) is 82.7 Å². The Balaban J connectivity index is 1.61. The number of ether oxygens (including phenoxy) is 3. The summed E-state index contributed by atoms with van der Waals surface area (Å²) in [5.74, 6) is 2.25. The second kappa shape index (κ2) is 10.9. The van der Waals surface area contributed by atoms with Gasteiger partial charge in [0, 0.05) is 0 Å². The summed E-state index contributed by atoms with van der Waals surface area (Å²) in [6.45, 7) is 0.887. The van der Waals surface area contributed by atoms with E-state index in [-0.39, 0.29) is 5.91 Å². The van der Waals surface area contributed by atoms with Gasteiger partial charge in [0.25, 0.3) is 5.91 Å². The third-order valence-corrected chi connectivity index (χ3v) is 6.38. The molecule has 1 fully saturated rings. The van der Waals surface area contributed by atoms with Crippen LogP contribution in [-0.2, 0) is 17.9 Å². The van der Waals surface area contributed by atoms with Crippen LogP contribution in [0.25, 0.3) is 6.08 Å². The molecule has 0 aromatic heterocycles. The summed E-state index contributed by atoms with van der Waals surface area (Å²) in [6, 6.07) is 23.1. The van der Waals surface area contributed by atoms with Gasteiger partial charge in [-0.2, -0.15) is 0 Å². The maximum absolute atomic E-state index is 13.4. The highest BCUT2D eigenvalue weighted by molar-refractivity contribution is 8.18. The Morgan fingerprint density at radius 2 is 1.44 bits per heavy atom. The summed E-state index contributed by atoms with van der Waals surface area (Å²) in [6.07, 6.45) is 1.88. The van der Waals surface area contributed by atoms with Crippen molar-refractivity contribution in [1.29, 1.82) is 0 Å². The Morgan fingerprint density at radius 1 is 0.824 bits per heavy atom. The van der Waals surface area contributed by atoms with Gasteiger partial charge in [-0.1, -0.05) is 36.4 Å². The molecule has 0 saturated carbocycles. The molecule has 174 valence electrons. The normalized spacial score (nSPS) is 15.7. The molecule has 0 spiro atoms. The van der Waals surface area contributed by atoms with Crippen LogP contribution >= 0.6 is 11.8 Å². The highest BCUT2D eigenvalue weighted by Gasteiger charge is 2.33. The molecule has 0 unspecified atom stereocenters. The van der Waals surface area contributed by atoms with Crippen LogP contribution < -0.4 is 14.2 Å². The maximum Gasteiger partial charge on any atom is 0.267 e. The fraction of sp³-hybridized carbons (Fsp3) is 0.185. The van der Waals surface area contributed by atoms with Gasteiger partial charge in [-0.05, 0) is 70.9 Å². The molecule has 1 heterocycles. The minimum Gasteiger partial charge on any atom is -0.497 e. The van der Waals surface area contributed by atoms with Gasteiger partial charge in [0.15, 0.2) is 5.17 Å². The molecule has 6 nitrogen and oxygen atoms in total. The van der Waals surface area contributed by atoms with Crippen LogP contribution in [0.1, 0.15) is 16.7 Å². The second-order valence-corrected chi connectivity index (χ2v) is 8.58. The van der Waals surface area contributed by atoms with Gasteiger partial charge in [0.05, 0.1) is 39.3 Å². The summed E-state index contributed by atoms with van der Waals surface area (Å²) in [5, 5.41) is 0.672. The maximum atomic E-state index is 13.4. The third-order valence-electron chi connectivity index (χ3n) is 5.34. The van der Waals surface area contributed by atoms with E-state index in [1.165, 1.54) is 11.8 Å². The van der Waals surface area contributed by atoms with E-state index in [1.54, 1.807) is 26.2 Å². The Bertz CT molecular complexity index is 1200. The molecule has 4 rings (SSSR count). The van der Waals surface area contributed by atoms with Gasteiger partial charge in [-0.25, -0.2) is 0 Å². The number of amides is 1. The molecule has 3 aromatic carbocycles. The van der Waals surface area contributed by atoms with E-state index in [0.717, 1.165) is 33.9 Å². The van der Waals surface area contributed by atoms with Crippen LogP contribution in [-0.4, -0.2) is 37.3 Å². The zero-order valence-electron chi connectivity index (χ0n) is 19.4. The fourth-order valence-corrected chi connectivity index (χ4v) is 4.43. The number of methoxy groups -OCH3 is 3. The molecular weight excluding hydrogens is 448 g/mol. The molecule has 1 amide bonds. The van der Waals surface area contributed by atoms with Crippen molar-refractivity contribution >= 4 is 28.9 Å². The van der Waals surface area contributed by atoms with Crippen molar-refractivity contribution in [2.24, 2.45) is 4.99 Å². The molecule has 0 radical (unpaired) electrons. The Morgan fingerprint density at radius 3 is 2.06 bits per heavy atom. The fourth-order valence-electron chi connectivity index (χ4n) is 3.45. The van der Waals surface area contributed by atoms with E-state index < -0.39 is 0 Å². The highest BCUT2D eigenvalue weighted by Crippen LogP contribution is 2.34. The van der Waals surface area contributed by atoms with Crippen LogP contribution in [0.3, 0.4) is 0 Å². The lowest BCUT2D eigenvalue weighted by Crippen LogP contribution is -2.28. The first kappa shape index (κ1) is 23.4. The molecule has 3 aromatic rings. The summed E-state index contributed by atoms with van der Waals surface area (Å²) in [4.78, 5) is 20.5. The minimum absolute atomic E-state index is 0.0721. The standard InChI is InChI=1S/C27H26N2O4S/c1-31-22-11-7-19(8-12-22)17-28-27-29(18-20-9-13-23(32-2)14-10-20)26(30)25(34-27)16-21-5-4-6-24(15-21)33-3/h4-16H,17-18H2,1-3H3/b25-16-,28-27?. The minimum atomic E-state index is -0.0721. The number of hydrogen-bond acceptors (Lipinski definition) is 6. The molecule has 0 atom stereocenters. The van der Waals surface area contributed by atoms with Crippen molar-refractivity contribution in [1.82, 2.24) is 4.90 Å². The average molecular weight is 475 g/mol. The average Bonchev–Trinajstić information content (AvgIpc) is 3.17. The first-order chi connectivity index (χ1) is 16.6. The predicted octanol–water partition coefficient (Wildman–Crippen LogP) is 5.39. The lowest BCUT2D eigenvalue weighted by molar-refractivity contribution is -0.122. The van der Waals surface area contributed by atoms with Crippen LogP contribution in [0.4, 0.5) is 0 Å². The van der Waals surface area contributed by atoms with Crippen molar-refractivity contribution in [2.75, 3.05) is 21.3 Å². The number of carbonyl (C=O) groups excluding carboxylic acids is 1. The van der Waals surface area contributed by atoms with Crippen molar-refractivity contribution in [3.8, 4) is 17.2 Å². The monoisotopic (exact) mass is 474 g/mol. The first-order valence-electron chi connectivity index (χ1n) is 10.8. The van der Waals surface area contributed by atoms with E-state index in [1.807, 2.05) is 78.9 Å². The number of aliphatic imine (C=N–C) groups is 1. The van der Waals surface area contributed by atoms with Gasteiger partial charge >= 0.3 is 0 Å². The SMILES string of the molecule is COc1ccc(CN=C2S/C(=C\c3cccc(OC)c3)C(=O)N2Cc2ccc(OC)cc2)cc1. The van der Waals surface area contributed by atoms with E-state index in [4.69, 9.17) is 19.2 Å². The lowest BCUT2D eigenvalue weighted by Gasteiger charge is -2.16. The molecule has 1 aliphatic rings. The summed E-state index contributed by atoms with van der Waals surface area (Å²) in [7, 11) is 4.90. The van der Waals surface area contributed by atoms with Gasteiger partial charge < -0.3 is 14.2 Å². The van der Waals surface area contributed by atoms with Gasteiger partial charge in [-0.3, -0.25) is 14.7 Å². The zero-order valence-corrected chi connectivity index (χ0v) is 20.2. The number of nitrogens with zero attached hydrogens (tertiary/aromatic N) is 2. The Hall–Kier alpha value is -3.71. The van der Waals surface area contributed by atoms with E-state index in [9.17, 15) is 4.79 Å². The van der Waals surface area contributed by atoms with Gasteiger partial charge in [-0.15, -0.1) is 0 Å². The van der Waals surface area contributed by atoms with Crippen LogP contribution in [0.2, 0.25) is 0 Å². The summed E-state index contributed by atoms with van der Waals surface area (Å²) >= 11 is 1.39. The molecule has 1 aliphatic heterocycles. The topological polar surface area (TPSA) is 60.4 Å². The number of rotatable bonds is 8.